The zero-order valence-corrected chi connectivity index (χ0v) is 28.7. The fourth-order valence-electron chi connectivity index (χ4n) is 8.41. The van der Waals surface area contributed by atoms with Crippen molar-refractivity contribution in [2.24, 2.45) is 0 Å². The van der Waals surface area contributed by atoms with Crippen LogP contribution in [0.1, 0.15) is 0 Å². The summed E-state index contributed by atoms with van der Waals surface area (Å²) in [6.45, 7) is 0. The number of thiophene rings is 2. The van der Waals surface area contributed by atoms with Gasteiger partial charge in [-0.1, -0.05) is 127 Å². The Hall–Kier alpha value is -6.14. The van der Waals surface area contributed by atoms with E-state index in [1.165, 1.54) is 73.3 Å². The van der Waals surface area contributed by atoms with Crippen LogP contribution in [0.15, 0.2) is 152 Å². The number of benzene rings is 8. The van der Waals surface area contributed by atoms with Gasteiger partial charge in [-0.15, -0.1) is 22.7 Å². The predicted octanol–water partition coefficient (Wildman–Crippen LogP) is 13.4. The molecule has 0 bridgehead atoms. The SMILES string of the molecule is c1ccc2c(c1)ccc1cc(-c3nc(-n4c5ccccc5c5c6c7ccccc7sc6c6ccccc6c54)nc4sc5ccccc5c34)ccc12. The Balaban J connectivity index is 1.25. The van der Waals surface area contributed by atoms with E-state index in [1.807, 2.05) is 11.3 Å². The predicted molar refractivity (Wildman–Crippen MR) is 220 cm³/mol. The van der Waals surface area contributed by atoms with Crippen LogP contribution in [0.2, 0.25) is 0 Å². The van der Waals surface area contributed by atoms with Gasteiger partial charge in [-0.3, -0.25) is 4.57 Å². The highest BCUT2D eigenvalue weighted by atomic mass is 32.1. The average molecular weight is 684 g/mol. The Labute approximate surface area is 299 Å². The van der Waals surface area contributed by atoms with Crippen molar-refractivity contribution in [3.05, 3.63) is 152 Å². The van der Waals surface area contributed by atoms with Gasteiger partial charge in [-0.2, -0.15) is 0 Å². The van der Waals surface area contributed by atoms with Gasteiger partial charge < -0.3 is 0 Å². The van der Waals surface area contributed by atoms with Crippen molar-refractivity contribution >= 4 is 117 Å². The number of hydrogen-bond acceptors (Lipinski definition) is 4. The summed E-state index contributed by atoms with van der Waals surface area (Å²) in [5.74, 6) is 0.693. The first-order valence-corrected chi connectivity index (χ1v) is 18.8. The van der Waals surface area contributed by atoms with Crippen molar-refractivity contribution in [2.45, 2.75) is 0 Å². The molecule has 0 radical (unpaired) electrons. The van der Waals surface area contributed by atoms with Crippen molar-refractivity contribution < 1.29 is 0 Å². The van der Waals surface area contributed by atoms with Crippen LogP contribution in [0.25, 0.3) is 112 Å². The minimum Gasteiger partial charge on any atom is -0.277 e. The van der Waals surface area contributed by atoms with Gasteiger partial charge in [0.25, 0.3) is 0 Å². The molecule has 236 valence electrons. The van der Waals surface area contributed by atoms with Crippen LogP contribution >= 0.6 is 22.7 Å². The summed E-state index contributed by atoms with van der Waals surface area (Å²) in [4.78, 5) is 12.1. The van der Waals surface area contributed by atoms with Crippen molar-refractivity contribution in [1.29, 1.82) is 0 Å². The molecule has 0 fully saturated rings. The Morgan fingerprint density at radius 2 is 1.06 bits per heavy atom. The highest BCUT2D eigenvalue weighted by molar-refractivity contribution is 7.27. The zero-order valence-electron chi connectivity index (χ0n) is 27.1. The van der Waals surface area contributed by atoms with E-state index in [-0.39, 0.29) is 0 Å². The summed E-state index contributed by atoms with van der Waals surface area (Å²) in [5.41, 5.74) is 4.31. The molecule has 0 amide bonds. The molecule has 5 heteroatoms. The van der Waals surface area contributed by atoms with Crippen molar-refractivity contribution in [3.8, 4) is 17.2 Å². The van der Waals surface area contributed by atoms with E-state index in [4.69, 9.17) is 9.97 Å². The van der Waals surface area contributed by atoms with Gasteiger partial charge in [0, 0.05) is 62.8 Å². The van der Waals surface area contributed by atoms with Crippen LogP contribution in [0.5, 0.6) is 0 Å². The third-order valence-corrected chi connectivity index (χ3v) is 12.9. The second kappa shape index (κ2) is 10.2. The molecule has 12 rings (SSSR count). The summed E-state index contributed by atoms with van der Waals surface area (Å²) in [6.07, 6.45) is 0. The molecule has 0 unspecified atom stereocenters. The Morgan fingerprint density at radius 1 is 0.431 bits per heavy atom. The molecule has 0 saturated carbocycles. The molecule has 4 heterocycles. The minimum atomic E-state index is 0.693. The first kappa shape index (κ1) is 27.7. The topological polar surface area (TPSA) is 30.7 Å². The largest absolute Gasteiger partial charge is 0.277 e. The minimum absolute atomic E-state index is 0.693. The van der Waals surface area contributed by atoms with Crippen molar-refractivity contribution in [2.75, 3.05) is 0 Å². The van der Waals surface area contributed by atoms with Gasteiger partial charge in [0.05, 0.1) is 16.7 Å². The molecule has 0 N–H and O–H groups in total. The smallest absolute Gasteiger partial charge is 0.236 e. The number of rotatable bonds is 2. The third kappa shape index (κ3) is 3.77. The molecule has 0 saturated heterocycles. The lowest BCUT2D eigenvalue weighted by Crippen LogP contribution is -2.03. The summed E-state index contributed by atoms with van der Waals surface area (Å²) in [7, 11) is 0. The average Bonchev–Trinajstić information content (AvgIpc) is 3.87. The van der Waals surface area contributed by atoms with Gasteiger partial charge in [-0.05, 0) is 45.8 Å². The van der Waals surface area contributed by atoms with Crippen LogP contribution in [0, 0.1) is 0 Å². The van der Waals surface area contributed by atoms with E-state index in [2.05, 4.69) is 156 Å². The molecular weight excluding hydrogens is 659 g/mol. The lowest BCUT2D eigenvalue weighted by atomic mass is 9.98. The van der Waals surface area contributed by atoms with E-state index in [9.17, 15) is 0 Å². The molecule has 51 heavy (non-hydrogen) atoms. The maximum atomic E-state index is 5.60. The monoisotopic (exact) mass is 683 g/mol. The lowest BCUT2D eigenvalue weighted by molar-refractivity contribution is 1.02. The number of para-hydroxylation sites is 1. The number of aromatic nitrogens is 3. The fourth-order valence-corrected chi connectivity index (χ4v) is 10.7. The van der Waals surface area contributed by atoms with Gasteiger partial charge in [0.2, 0.25) is 5.95 Å². The third-order valence-electron chi connectivity index (χ3n) is 10.6. The highest BCUT2D eigenvalue weighted by Gasteiger charge is 2.24. The molecule has 8 aromatic carbocycles. The summed E-state index contributed by atoms with van der Waals surface area (Å²) in [5, 5.41) is 14.8. The molecule has 0 atom stereocenters. The molecule has 0 aliphatic carbocycles. The van der Waals surface area contributed by atoms with Crippen LogP contribution in [0.4, 0.5) is 0 Å². The maximum absolute atomic E-state index is 5.60. The van der Waals surface area contributed by atoms with E-state index >= 15 is 0 Å². The molecule has 0 spiro atoms. The fraction of sp³-hybridized carbons (Fsp3) is 0. The molecule has 12 aromatic rings. The van der Waals surface area contributed by atoms with Gasteiger partial charge >= 0.3 is 0 Å². The molecule has 0 aliphatic heterocycles. The second-order valence-corrected chi connectivity index (χ2v) is 15.4. The van der Waals surface area contributed by atoms with Crippen molar-refractivity contribution in [1.82, 2.24) is 14.5 Å². The molecule has 4 aromatic heterocycles. The first-order valence-electron chi connectivity index (χ1n) is 17.2. The number of nitrogens with zero attached hydrogens (tertiary/aromatic N) is 3. The summed E-state index contributed by atoms with van der Waals surface area (Å²) < 4.78 is 6.18. The summed E-state index contributed by atoms with van der Waals surface area (Å²) in [6, 6.07) is 55.0. The standard InChI is InChI=1S/C46H25N3S2/c1-2-12-29-26(11-1)21-22-27-25-28(23-24-30(27)29)42-41-35-17-7-10-20-38(35)51-45(41)48-46(47-42)49-36-18-8-5-15-33(36)39-40-34-16-6-9-19-37(34)50-44(40)32-14-4-3-13-31(32)43(39)49/h1-25H. The summed E-state index contributed by atoms with van der Waals surface area (Å²) >= 11 is 3.63. The van der Waals surface area contributed by atoms with Gasteiger partial charge in [-0.25, -0.2) is 9.97 Å². The Kier molecular flexibility index (Phi) is 5.53. The zero-order chi connectivity index (χ0) is 33.2. The van der Waals surface area contributed by atoms with Crippen LogP contribution in [-0.4, -0.2) is 14.5 Å². The molecular formula is C46H25N3S2. The number of fused-ring (bicyclic) bond motifs is 16. The molecule has 0 aliphatic rings. The van der Waals surface area contributed by atoms with Gasteiger partial charge in [0.1, 0.15) is 4.83 Å². The normalized spacial score (nSPS) is 12.3. The quantitative estimate of drug-likeness (QED) is 0.170. The van der Waals surface area contributed by atoms with Crippen LogP contribution in [-0.2, 0) is 0 Å². The van der Waals surface area contributed by atoms with Crippen molar-refractivity contribution in [3.63, 3.8) is 0 Å². The van der Waals surface area contributed by atoms with E-state index in [0.29, 0.717) is 5.95 Å². The Bertz CT molecular complexity index is 3440. The maximum Gasteiger partial charge on any atom is 0.236 e. The van der Waals surface area contributed by atoms with E-state index in [0.717, 1.165) is 32.5 Å². The second-order valence-electron chi connectivity index (χ2n) is 13.3. The number of hydrogen-bond donors (Lipinski definition) is 0. The van der Waals surface area contributed by atoms with Crippen LogP contribution < -0.4 is 0 Å². The first-order chi connectivity index (χ1) is 25.3. The van der Waals surface area contributed by atoms with Gasteiger partial charge in [0.15, 0.2) is 0 Å². The van der Waals surface area contributed by atoms with E-state index < -0.39 is 0 Å². The lowest BCUT2D eigenvalue weighted by Gasteiger charge is -2.13. The van der Waals surface area contributed by atoms with Crippen LogP contribution in [0.3, 0.4) is 0 Å². The van der Waals surface area contributed by atoms with E-state index in [1.54, 1.807) is 11.3 Å². The molecule has 3 nitrogen and oxygen atoms in total. The highest BCUT2D eigenvalue weighted by Crippen LogP contribution is 2.48. The Morgan fingerprint density at radius 3 is 1.90 bits per heavy atom.